The Balaban J connectivity index is 1.90. The summed E-state index contributed by atoms with van der Waals surface area (Å²) in [5.41, 5.74) is 0.929. The number of aromatic nitrogens is 1. The number of pyridine rings is 1. The van der Waals surface area contributed by atoms with Crippen molar-refractivity contribution in [2.75, 3.05) is 0 Å². The maximum Gasteiger partial charge on any atom is 0.245 e. The van der Waals surface area contributed by atoms with Gasteiger partial charge >= 0.3 is 0 Å². The van der Waals surface area contributed by atoms with Gasteiger partial charge in [-0.15, -0.1) is 0 Å². The molecule has 1 aliphatic carbocycles. The largest absolute Gasteiger partial charge is 0.263 e. The predicted octanol–water partition coefficient (Wildman–Crippen LogP) is 3.09. The first kappa shape index (κ1) is 14.5. The number of rotatable bonds is 5. The summed E-state index contributed by atoms with van der Waals surface area (Å²) in [4.78, 5) is 4.15. The lowest BCUT2D eigenvalue weighted by molar-refractivity contribution is 0.398. The number of nitrogens with zero attached hydrogens (tertiary/aromatic N) is 2. The van der Waals surface area contributed by atoms with Crippen molar-refractivity contribution in [1.82, 2.24) is 9.29 Å². The summed E-state index contributed by atoms with van der Waals surface area (Å²) in [6.45, 7) is 0.360. The van der Waals surface area contributed by atoms with Crippen molar-refractivity contribution in [2.45, 2.75) is 30.3 Å². The number of benzene rings is 1. The molecule has 3 rings (SSSR count). The van der Waals surface area contributed by atoms with Gasteiger partial charge in [0.25, 0.3) is 0 Å². The first-order chi connectivity index (χ1) is 10.1. The second kappa shape index (κ2) is 5.75. The van der Waals surface area contributed by atoms with E-state index in [1.165, 1.54) is 6.20 Å². The molecule has 6 heteroatoms. The monoisotopic (exact) mass is 322 g/mol. The van der Waals surface area contributed by atoms with Gasteiger partial charge in [-0.1, -0.05) is 23.7 Å². The van der Waals surface area contributed by atoms with E-state index in [1.54, 1.807) is 34.8 Å². The van der Waals surface area contributed by atoms with E-state index >= 15 is 0 Å². The van der Waals surface area contributed by atoms with Crippen LogP contribution in [0, 0.1) is 0 Å². The van der Waals surface area contributed by atoms with E-state index in [0.717, 1.165) is 18.4 Å². The molecule has 1 fully saturated rings. The zero-order valence-electron chi connectivity index (χ0n) is 11.3. The average molecular weight is 323 g/mol. The first-order valence-electron chi connectivity index (χ1n) is 6.74. The van der Waals surface area contributed by atoms with Crippen LogP contribution in [0.25, 0.3) is 0 Å². The zero-order valence-corrected chi connectivity index (χ0v) is 12.9. The predicted molar refractivity (Wildman–Crippen MR) is 81.4 cm³/mol. The second-order valence-electron chi connectivity index (χ2n) is 5.10. The van der Waals surface area contributed by atoms with Crippen molar-refractivity contribution in [3.05, 3.63) is 59.4 Å². The van der Waals surface area contributed by atoms with E-state index in [0.29, 0.717) is 11.6 Å². The van der Waals surface area contributed by atoms with Crippen LogP contribution in [0.1, 0.15) is 18.4 Å². The Morgan fingerprint density at radius 3 is 2.48 bits per heavy atom. The van der Waals surface area contributed by atoms with Gasteiger partial charge in [-0.2, -0.15) is 4.31 Å². The third-order valence-electron chi connectivity index (χ3n) is 3.45. The van der Waals surface area contributed by atoms with Crippen LogP contribution >= 0.6 is 11.6 Å². The maximum atomic E-state index is 12.7. The Morgan fingerprint density at radius 1 is 1.19 bits per heavy atom. The SMILES string of the molecule is O=S(=O)(c1cccnc1)N(Cc1ccc(Cl)cc1)C1CC1. The van der Waals surface area contributed by atoms with Gasteiger partial charge in [-0.05, 0) is 42.7 Å². The third-order valence-corrected chi connectivity index (χ3v) is 5.58. The average Bonchev–Trinajstić information content (AvgIpc) is 3.32. The van der Waals surface area contributed by atoms with Crippen molar-refractivity contribution in [2.24, 2.45) is 0 Å². The molecule has 1 saturated carbocycles. The van der Waals surface area contributed by atoms with Crippen LogP contribution < -0.4 is 0 Å². The van der Waals surface area contributed by atoms with Gasteiger partial charge in [0.1, 0.15) is 4.90 Å². The minimum Gasteiger partial charge on any atom is -0.263 e. The molecule has 0 spiro atoms. The van der Waals surface area contributed by atoms with Crippen LogP contribution in [0.5, 0.6) is 0 Å². The first-order valence-corrected chi connectivity index (χ1v) is 8.55. The lowest BCUT2D eigenvalue weighted by Crippen LogP contribution is -2.32. The molecule has 0 saturated heterocycles. The smallest absolute Gasteiger partial charge is 0.245 e. The van der Waals surface area contributed by atoms with Gasteiger partial charge in [0.2, 0.25) is 10.0 Å². The molecule has 1 aromatic carbocycles. The molecular formula is C15H15ClN2O2S. The standard InChI is InChI=1S/C15H15ClN2O2S/c16-13-5-3-12(4-6-13)11-18(14-7-8-14)21(19,20)15-2-1-9-17-10-15/h1-6,9-10,14H,7-8,11H2. The van der Waals surface area contributed by atoms with Crippen LogP contribution in [0.15, 0.2) is 53.7 Å². The van der Waals surface area contributed by atoms with Crippen molar-refractivity contribution < 1.29 is 8.42 Å². The minimum absolute atomic E-state index is 0.0888. The molecule has 0 bridgehead atoms. The van der Waals surface area contributed by atoms with E-state index in [2.05, 4.69) is 4.98 Å². The molecule has 0 aliphatic heterocycles. The summed E-state index contributed by atoms with van der Waals surface area (Å²) in [7, 11) is -3.51. The summed E-state index contributed by atoms with van der Waals surface area (Å²) in [5.74, 6) is 0. The van der Waals surface area contributed by atoms with Gasteiger partial charge in [0.15, 0.2) is 0 Å². The molecule has 0 unspecified atom stereocenters. The molecule has 2 aromatic rings. The summed E-state index contributed by atoms with van der Waals surface area (Å²) in [6, 6.07) is 10.6. The molecule has 0 atom stereocenters. The summed E-state index contributed by atoms with van der Waals surface area (Å²) in [6.07, 6.45) is 4.78. The molecule has 0 amide bonds. The fourth-order valence-corrected chi connectivity index (χ4v) is 3.94. The summed E-state index contributed by atoms with van der Waals surface area (Å²) < 4.78 is 27.1. The van der Waals surface area contributed by atoms with Gasteiger partial charge in [-0.3, -0.25) is 4.98 Å². The quantitative estimate of drug-likeness (QED) is 0.850. The zero-order chi connectivity index (χ0) is 14.9. The third kappa shape index (κ3) is 3.26. The van der Waals surface area contributed by atoms with E-state index in [4.69, 9.17) is 11.6 Å². The van der Waals surface area contributed by atoms with E-state index in [1.807, 2.05) is 12.1 Å². The molecule has 1 heterocycles. The van der Waals surface area contributed by atoms with E-state index in [9.17, 15) is 8.42 Å². The molecule has 110 valence electrons. The maximum absolute atomic E-state index is 12.7. The normalized spacial score (nSPS) is 15.3. The van der Waals surface area contributed by atoms with Crippen molar-refractivity contribution >= 4 is 21.6 Å². The molecule has 4 nitrogen and oxygen atoms in total. The van der Waals surface area contributed by atoms with E-state index < -0.39 is 10.0 Å². The highest BCUT2D eigenvalue weighted by molar-refractivity contribution is 7.89. The van der Waals surface area contributed by atoms with Crippen LogP contribution in [0.3, 0.4) is 0 Å². The Labute approximate surface area is 129 Å². The topological polar surface area (TPSA) is 50.3 Å². The lowest BCUT2D eigenvalue weighted by Gasteiger charge is -2.21. The Bertz CT molecular complexity index is 713. The Kier molecular flexibility index (Phi) is 3.97. The van der Waals surface area contributed by atoms with Crippen LogP contribution in [0.4, 0.5) is 0 Å². The number of halogens is 1. The van der Waals surface area contributed by atoms with Crippen molar-refractivity contribution in [1.29, 1.82) is 0 Å². The number of sulfonamides is 1. The summed E-state index contributed by atoms with van der Waals surface area (Å²) >= 11 is 5.87. The molecule has 1 aromatic heterocycles. The molecule has 0 radical (unpaired) electrons. The highest BCUT2D eigenvalue weighted by Crippen LogP contribution is 2.33. The number of hydrogen-bond acceptors (Lipinski definition) is 3. The van der Waals surface area contributed by atoms with Gasteiger partial charge < -0.3 is 0 Å². The molecule has 1 aliphatic rings. The van der Waals surface area contributed by atoms with Crippen LogP contribution in [0.2, 0.25) is 5.02 Å². The van der Waals surface area contributed by atoms with Gasteiger partial charge in [0.05, 0.1) is 0 Å². The van der Waals surface area contributed by atoms with Crippen molar-refractivity contribution in [3.8, 4) is 0 Å². The molecule has 21 heavy (non-hydrogen) atoms. The highest BCUT2D eigenvalue weighted by Gasteiger charge is 2.38. The fraction of sp³-hybridized carbons (Fsp3) is 0.267. The van der Waals surface area contributed by atoms with E-state index in [-0.39, 0.29) is 10.9 Å². The fourth-order valence-electron chi connectivity index (χ4n) is 2.18. The highest BCUT2D eigenvalue weighted by atomic mass is 35.5. The van der Waals surface area contributed by atoms with Gasteiger partial charge in [0, 0.05) is 30.0 Å². The summed E-state index contributed by atoms with van der Waals surface area (Å²) in [5, 5.41) is 0.645. The van der Waals surface area contributed by atoms with Gasteiger partial charge in [-0.25, -0.2) is 8.42 Å². The minimum atomic E-state index is -3.51. The lowest BCUT2D eigenvalue weighted by atomic mass is 10.2. The van der Waals surface area contributed by atoms with Crippen LogP contribution in [-0.4, -0.2) is 23.7 Å². The Morgan fingerprint density at radius 2 is 1.90 bits per heavy atom. The Hall–Kier alpha value is -1.43. The second-order valence-corrected chi connectivity index (χ2v) is 7.42. The van der Waals surface area contributed by atoms with Crippen LogP contribution in [-0.2, 0) is 16.6 Å². The molecule has 0 N–H and O–H groups in total. The number of hydrogen-bond donors (Lipinski definition) is 0. The molecular weight excluding hydrogens is 308 g/mol. The van der Waals surface area contributed by atoms with Crippen molar-refractivity contribution in [3.63, 3.8) is 0 Å².